The summed E-state index contributed by atoms with van der Waals surface area (Å²) in [5.74, 6) is 1.67. The van der Waals surface area contributed by atoms with Gasteiger partial charge in [-0.2, -0.15) is 10.2 Å². The fourth-order valence-corrected chi connectivity index (χ4v) is 2.98. The monoisotopic (exact) mass is 323 g/mol. The number of hydrogen-bond donors (Lipinski definition) is 1. The summed E-state index contributed by atoms with van der Waals surface area (Å²) in [6.07, 6.45) is 9.56. The third kappa shape index (κ3) is 3.77. The summed E-state index contributed by atoms with van der Waals surface area (Å²) < 4.78 is 11.0. The molecule has 1 fully saturated rings. The van der Waals surface area contributed by atoms with Gasteiger partial charge in [-0.25, -0.2) is 0 Å². The zero-order chi connectivity index (χ0) is 16.8. The van der Waals surface area contributed by atoms with Crippen molar-refractivity contribution in [1.82, 2.24) is 4.98 Å². The van der Waals surface area contributed by atoms with E-state index in [-0.39, 0.29) is 0 Å². The number of rotatable bonds is 5. The summed E-state index contributed by atoms with van der Waals surface area (Å²) in [5.41, 5.74) is 1.23. The molecule has 1 heterocycles. The first-order chi connectivity index (χ1) is 11.8. The molecule has 0 amide bonds. The number of nitrogens with zero attached hydrogens (tertiary/aromatic N) is 2. The Hall–Kier alpha value is -2.74. The highest BCUT2D eigenvalue weighted by Crippen LogP contribution is 2.26. The zero-order valence-corrected chi connectivity index (χ0v) is 13.8. The number of aromatic nitrogens is 1. The fourth-order valence-electron chi connectivity index (χ4n) is 2.98. The van der Waals surface area contributed by atoms with Crippen molar-refractivity contribution in [3.05, 3.63) is 41.4 Å². The summed E-state index contributed by atoms with van der Waals surface area (Å²) in [7, 11) is 1.64. The Morgan fingerprint density at radius 3 is 2.79 bits per heavy atom. The van der Waals surface area contributed by atoms with Crippen molar-refractivity contribution < 1.29 is 9.15 Å². The maximum atomic E-state index is 9.27. The molecule has 1 N–H and O–H groups in total. The fraction of sp³-hybridized carbons (Fsp3) is 0.368. The van der Waals surface area contributed by atoms with Gasteiger partial charge in [0.2, 0.25) is 17.5 Å². The molecule has 0 unspecified atom stereocenters. The van der Waals surface area contributed by atoms with E-state index in [1.807, 2.05) is 30.3 Å². The van der Waals surface area contributed by atoms with Crippen LogP contribution in [0.25, 0.3) is 12.2 Å². The molecule has 1 aromatic carbocycles. The second-order valence-corrected chi connectivity index (χ2v) is 5.90. The summed E-state index contributed by atoms with van der Waals surface area (Å²) in [6.45, 7) is 0. The molecule has 1 aliphatic carbocycles. The molecule has 24 heavy (non-hydrogen) atoms. The van der Waals surface area contributed by atoms with Crippen molar-refractivity contribution in [3.63, 3.8) is 0 Å². The average Bonchev–Trinajstić information content (AvgIpc) is 3.03. The molecule has 5 nitrogen and oxygen atoms in total. The van der Waals surface area contributed by atoms with E-state index < -0.39 is 0 Å². The Morgan fingerprint density at radius 2 is 2.04 bits per heavy atom. The van der Waals surface area contributed by atoms with E-state index in [4.69, 9.17) is 9.15 Å². The summed E-state index contributed by atoms with van der Waals surface area (Å²) in [4.78, 5) is 4.25. The molecule has 1 saturated carbocycles. The van der Waals surface area contributed by atoms with Gasteiger partial charge in [0.25, 0.3) is 0 Å². The van der Waals surface area contributed by atoms with E-state index in [1.54, 1.807) is 13.2 Å². The number of methoxy groups -OCH3 is 1. The van der Waals surface area contributed by atoms with E-state index >= 15 is 0 Å². The van der Waals surface area contributed by atoms with Crippen LogP contribution in [0.4, 0.5) is 5.88 Å². The van der Waals surface area contributed by atoms with Crippen LogP contribution < -0.4 is 10.1 Å². The van der Waals surface area contributed by atoms with Gasteiger partial charge in [0.15, 0.2) is 0 Å². The number of benzene rings is 1. The molecular formula is C19H21N3O2. The topological polar surface area (TPSA) is 71.1 Å². The Kier molecular flexibility index (Phi) is 5.17. The molecule has 3 rings (SSSR count). The first-order valence-electron chi connectivity index (χ1n) is 8.28. The van der Waals surface area contributed by atoms with Gasteiger partial charge in [-0.15, -0.1) is 0 Å². The van der Waals surface area contributed by atoms with Crippen LogP contribution in [-0.2, 0) is 0 Å². The lowest BCUT2D eigenvalue weighted by molar-refractivity contribution is 0.414. The van der Waals surface area contributed by atoms with Gasteiger partial charge in [-0.3, -0.25) is 0 Å². The molecule has 5 heteroatoms. The first kappa shape index (κ1) is 16.1. The van der Waals surface area contributed by atoms with Gasteiger partial charge >= 0.3 is 0 Å². The Morgan fingerprint density at radius 1 is 1.25 bits per heavy atom. The van der Waals surface area contributed by atoms with Crippen LogP contribution >= 0.6 is 0 Å². The number of nitriles is 1. The lowest BCUT2D eigenvalue weighted by atomic mass is 9.95. The number of oxazole rings is 1. The molecule has 2 aromatic rings. The highest BCUT2D eigenvalue weighted by molar-refractivity contribution is 5.70. The van der Waals surface area contributed by atoms with Crippen molar-refractivity contribution in [1.29, 1.82) is 5.26 Å². The molecule has 1 aliphatic rings. The van der Waals surface area contributed by atoms with Crippen LogP contribution in [0.2, 0.25) is 0 Å². The summed E-state index contributed by atoms with van der Waals surface area (Å²) in [6, 6.07) is 10.2. The quantitative estimate of drug-likeness (QED) is 0.879. The van der Waals surface area contributed by atoms with E-state index in [9.17, 15) is 5.26 Å². The Labute approximate surface area is 142 Å². The van der Waals surface area contributed by atoms with Crippen LogP contribution in [0.5, 0.6) is 5.75 Å². The highest BCUT2D eigenvalue weighted by atomic mass is 16.5. The van der Waals surface area contributed by atoms with E-state index in [2.05, 4.69) is 16.4 Å². The smallest absolute Gasteiger partial charge is 0.232 e. The highest BCUT2D eigenvalue weighted by Gasteiger charge is 2.18. The lowest BCUT2D eigenvalue weighted by Crippen LogP contribution is -2.22. The van der Waals surface area contributed by atoms with Crippen LogP contribution in [0, 0.1) is 11.3 Å². The minimum atomic E-state index is 0.306. The average molecular weight is 323 g/mol. The number of hydrogen-bond acceptors (Lipinski definition) is 5. The van der Waals surface area contributed by atoms with Gasteiger partial charge < -0.3 is 14.5 Å². The van der Waals surface area contributed by atoms with E-state index in [1.165, 1.54) is 19.3 Å². The molecule has 0 bridgehead atoms. The largest absolute Gasteiger partial charge is 0.496 e. The number of para-hydroxylation sites is 1. The second-order valence-electron chi connectivity index (χ2n) is 5.90. The third-order valence-corrected chi connectivity index (χ3v) is 4.23. The molecule has 0 radical (unpaired) electrons. The van der Waals surface area contributed by atoms with Crippen molar-refractivity contribution in [2.45, 2.75) is 38.1 Å². The van der Waals surface area contributed by atoms with Crippen molar-refractivity contribution in [2.75, 3.05) is 12.4 Å². The van der Waals surface area contributed by atoms with E-state index in [0.29, 0.717) is 23.5 Å². The van der Waals surface area contributed by atoms with Crippen LogP contribution in [-0.4, -0.2) is 18.1 Å². The molecule has 0 atom stereocenters. The molecular weight excluding hydrogens is 302 g/mol. The van der Waals surface area contributed by atoms with Crippen LogP contribution in [0.15, 0.2) is 28.7 Å². The van der Waals surface area contributed by atoms with Gasteiger partial charge in [0.05, 0.1) is 7.11 Å². The zero-order valence-electron chi connectivity index (χ0n) is 13.8. The molecule has 124 valence electrons. The normalized spacial score (nSPS) is 15.3. The van der Waals surface area contributed by atoms with Gasteiger partial charge in [0.1, 0.15) is 11.8 Å². The minimum Gasteiger partial charge on any atom is -0.496 e. The molecule has 1 aromatic heterocycles. The van der Waals surface area contributed by atoms with Gasteiger partial charge in [-0.05, 0) is 25.0 Å². The van der Waals surface area contributed by atoms with Crippen molar-refractivity contribution in [2.24, 2.45) is 0 Å². The maximum Gasteiger partial charge on any atom is 0.232 e. The van der Waals surface area contributed by atoms with Crippen molar-refractivity contribution >= 4 is 18.0 Å². The predicted octanol–water partition coefficient (Wildman–Crippen LogP) is 4.47. The van der Waals surface area contributed by atoms with Crippen molar-refractivity contribution in [3.8, 4) is 11.8 Å². The van der Waals surface area contributed by atoms with Gasteiger partial charge in [-0.1, -0.05) is 37.5 Å². The summed E-state index contributed by atoms with van der Waals surface area (Å²) >= 11 is 0. The molecule has 0 spiro atoms. The van der Waals surface area contributed by atoms with E-state index in [0.717, 1.165) is 24.2 Å². The SMILES string of the molecule is COc1ccccc1C=Cc1nc(C#N)c(NC2CCCCC2)o1. The summed E-state index contributed by atoms with van der Waals surface area (Å²) in [5, 5.41) is 12.6. The predicted molar refractivity (Wildman–Crippen MR) is 93.6 cm³/mol. The Balaban J connectivity index is 1.77. The molecule has 0 saturated heterocycles. The molecule has 0 aliphatic heterocycles. The minimum absolute atomic E-state index is 0.306. The number of ether oxygens (including phenoxy) is 1. The standard InChI is InChI=1S/C19H21N3O2/c1-23-17-10-6-5-7-14(17)11-12-18-22-16(13-20)19(24-18)21-15-8-3-2-4-9-15/h5-7,10-12,15,21H,2-4,8-9H2,1H3. The van der Waals surface area contributed by atoms with Crippen LogP contribution in [0.1, 0.15) is 49.3 Å². The van der Waals surface area contributed by atoms with Gasteiger partial charge in [0, 0.05) is 17.7 Å². The first-order valence-corrected chi connectivity index (χ1v) is 8.28. The van der Waals surface area contributed by atoms with Crippen LogP contribution in [0.3, 0.4) is 0 Å². The lowest BCUT2D eigenvalue weighted by Gasteiger charge is -2.22. The number of nitrogens with one attached hydrogen (secondary N) is 1. The Bertz CT molecular complexity index is 752. The third-order valence-electron chi connectivity index (χ3n) is 4.23. The number of anilines is 1. The maximum absolute atomic E-state index is 9.27. The second kappa shape index (κ2) is 7.69.